The number of ether oxygens (including phenoxy) is 1. The maximum absolute atomic E-state index is 13.5. The summed E-state index contributed by atoms with van der Waals surface area (Å²) in [5.74, 6) is -0.338. The number of hydrogen-bond acceptors (Lipinski definition) is 5. The van der Waals surface area contributed by atoms with Crippen molar-refractivity contribution in [1.82, 2.24) is 9.29 Å². The third-order valence-electron chi connectivity index (χ3n) is 5.40. The maximum Gasteiger partial charge on any atom is 0.309 e. The molecule has 6 nitrogen and oxygen atoms in total. The van der Waals surface area contributed by atoms with Crippen molar-refractivity contribution in [3.63, 3.8) is 0 Å². The fraction of sp³-hybridized carbons (Fsp3) is 0.308. The van der Waals surface area contributed by atoms with Crippen LogP contribution in [-0.2, 0) is 45.5 Å². The van der Waals surface area contributed by atoms with Gasteiger partial charge in [-0.05, 0) is 47.2 Å². The van der Waals surface area contributed by atoms with Crippen molar-refractivity contribution in [2.24, 2.45) is 0 Å². The molecule has 0 bridgehead atoms. The Labute approximate surface area is 196 Å². The van der Waals surface area contributed by atoms with Crippen LogP contribution >= 0.6 is 0 Å². The van der Waals surface area contributed by atoms with Crippen LogP contribution in [0.3, 0.4) is 0 Å². The highest BCUT2D eigenvalue weighted by molar-refractivity contribution is 7.89. The van der Waals surface area contributed by atoms with E-state index in [2.05, 4.69) is 24.0 Å². The fourth-order valence-corrected chi connectivity index (χ4v) is 4.93. The van der Waals surface area contributed by atoms with Gasteiger partial charge in [-0.3, -0.25) is 9.78 Å². The van der Waals surface area contributed by atoms with Gasteiger partial charge in [0.2, 0.25) is 10.0 Å². The minimum atomic E-state index is -3.78. The number of benzene rings is 2. The molecule has 33 heavy (non-hydrogen) atoms. The molecule has 0 radical (unpaired) electrons. The summed E-state index contributed by atoms with van der Waals surface area (Å²) < 4.78 is 33.1. The molecule has 0 amide bonds. The van der Waals surface area contributed by atoms with Gasteiger partial charge in [0, 0.05) is 25.5 Å². The lowest BCUT2D eigenvalue weighted by atomic mass is 10.1. The van der Waals surface area contributed by atoms with Crippen LogP contribution in [0.25, 0.3) is 0 Å². The van der Waals surface area contributed by atoms with Crippen LogP contribution in [0.5, 0.6) is 0 Å². The molecule has 0 N–H and O–H groups in total. The molecule has 7 heteroatoms. The second-order valence-corrected chi connectivity index (χ2v) is 9.89. The Kier molecular flexibility index (Phi) is 8.74. The number of unbranched alkanes of at least 4 members (excludes halogenated alkanes) is 1. The number of aromatic nitrogens is 1. The summed E-state index contributed by atoms with van der Waals surface area (Å²) in [7, 11) is -2.43. The minimum absolute atomic E-state index is 0.138. The predicted molar refractivity (Wildman–Crippen MR) is 128 cm³/mol. The molecule has 174 valence electrons. The quantitative estimate of drug-likeness (QED) is 0.388. The van der Waals surface area contributed by atoms with E-state index in [0.29, 0.717) is 0 Å². The summed E-state index contributed by atoms with van der Waals surface area (Å²) >= 11 is 0. The van der Waals surface area contributed by atoms with Gasteiger partial charge in [-0.15, -0.1) is 0 Å². The van der Waals surface area contributed by atoms with Crippen LogP contribution in [-0.4, -0.2) is 30.8 Å². The number of aryl methyl sites for hydroxylation is 1. The zero-order valence-corrected chi connectivity index (χ0v) is 19.9. The number of hydrogen-bond donors (Lipinski definition) is 0. The Balaban J connectivity index is 1.88. The third kappa shape index (κ3) is 6.97. The molecule has 0 unspecified atom stereocenters. The lowest BCUT2D eigenvalue weighted by Crippen LogP contribution is -2.30. The Morgan fingerprint density at radius 2 is 1.64 bits per heavy atom. The first-order valence-electron chi connectivity index (χ1n) is 11.0. The summed E-state index contributed by atoms with van der Waals surface area (Å²) in [6.07, 6.45) is 6.33. The Morgan fingerprint density at radius 3 is 2.30 bits per heavy atom. The van der Waals surface area contributed by atoms with Gasteiger partial charge >= 0.3 is 5.97 Å². The Morgan fingerprint density at radius 1 is 0.939 bits per heavy atom. The van der Waals surface area contributed by atoms with Crippen molar-refractivity contribution in [2.75, 3.05) is 7.11 Å². The molecule has 3 rings (SSSR count). The molecule has 0 aliphatic heterocycles. The van der Waals surface area contributed by atoms with Crippen molar-refractivity contribution in [1.29, 1.82) is 0 Å². The zero-order chi connectivity index (χ0) is 23.7. The first kappa shape index (κ1) is 24.6. The van der Waals surface area contributed by atoms with Gasteiger partial charge in [0.05, 0.1) is 13.5 Å². The third-order valence-corrected chi connectivity index (χ3v) is 7.17. The van der Waals surface area contributed by atoms with Crippen LogP contribution in [0.2, 0.25) is 0 Å². The molecule has 0 spiro atoms. The molecule has 0 aliphatic carbocycles. The van der Waals surface area contributed by atoms with E-state index in [9.17, 15) is 13.2 Å². The molecule has 1 heterocycles. The number of sulfonamides is 1. The number of nitrogens with zero attached hydrogens (tertiary/aromatic N) is 2. The Bertz CT molecular complexity index is 1150. The highest BCUT2D eigenvalue weighted by Crippen LogP contribution is 2.22. The number of pyridine rings is 1. The maximum atomic E-state index is 13.5. The summed E-state index contributed by atoms with van der Waals surface area (Å²) in [5, 5.41) is 0. The Hall–Kier alpha value is -3.03. The van der Waals surface area contributed by atoms with E-state index >= 15 is 0 Å². The monoisotopic (exact) mass is 466 g/mol. The largest absolute Gasteiger partial charge is 0.469 e. The van der Waals surface area contributed by atoms with Crippen LogP contribution in [0.15, 0.2) is 78.0 Å². The van der Waals surface area contributed by atoms with Crippen LogP contribution in [0.4, 0.5) is 0 Å². The number of methoxy groups -OCH3 is 1. The molecule has 0 aliphatic rings. The summed E-state index contributed by atoms with van der Waals surface area (Å²) in [6, 6.07) is 18.6. The van der Waals surface area contributed by atoms with Gasteiger partial charge in [-0.1, -0.05) is 61.9 Å². The van der Waals surface area contributed by atoms with Gasteiger partial charge in [0.1, 0.15) is 4.90 Å². The lowest BCUT2D eigenvalue weighted by Gasteiger charge is -2.23. The first-order valence-corrected chi connectivity index (χ1v) is 12.5. The number of esters is 1. The van der Waals surface area contributed by atoms with Crippen molar-refractivity contribution in [3.05, 3.63) is 95.3 Å². The number of carbonyl (C=O) groups is 1. The SMILES string of the molecule is CCCCc1ccc(CN(Cc2cccc(CC(=O)OC)c2)S(=O)(=O)c2cccnc2)cc1. The van der Waals surface area contributed by atoms with Crippen molar-refractivity contribution >= 4 is 16.0 Å². The fourth-order valence-electron chi connectivity index (χ4n) is 3.55. The van der Waals surface area contributed by atoms with E-state index in [4.69, 9.17) is 4.74 Å². The second-order valence-electron chi connectivity index (χ2n) is 7.95. The van der Waals surface area contributed by atoms with Crippen LogP contribution in [0, 0.1) is 0 Å². The van der Waals surface area contributed by atoms with Crippen molar-refractivity contribution in [2.45, 2.75) is 50.6 Å². The molecule has 2 aromatic carbocycles. The lowest BCUT2D eigenvalue weighted by molar-refractivity contribution is -0.139. The topological polar surface area (TPSA) is 76.6 Å². The molecule has 0 saturated carbocycles. The molecule has 1 aromatic heterocycles. The minimum Gasteiger partial charge on any atom is -0.469 e. The van der Waals surface area contributed by atoms with Crippen molar-refractivity contribution < 1.29 is 17.9 Å². The van der Waals surface area contributed by atoms with Gasteiger partial charge in [-0.25, -0.2) is 8.42 Å². The highest BCUT2D eigenvalue weighted by Gasteiger charge is 2.25. The molecular formula is C26H30N2O4S. The summed E-state index contributed by atoms with van der Waals surface area (Å²) in [6.45, 7) is 2.56. The number of carbonyl (C=O) groups excluding carboxylic acids is 1. The van der Waals surface area contributed by atoms with E-state index in [0.717, 1.165) is 36.0 Å². The second kappa shape index (κ2) is 11.7. The van der Waals surface area contributed by atoms with Crippen LogP contribution < -0.4 is 0 Å². The number of rotatable bonds is 11. The van der Waals surface area contributed by atoms with E-state index < -0.39 is 10.0 Å². The average Bonchev–Trinajstić information content (AvgIpc) is 2.84. The molecule has 0 saturated heterocycles. The summed E-state index contributed by atoms with van der Waals surface area (Å²) in [5.41, 5.74) is 3.73. The normalized spacial score (nSPS) is 11.5. The highest BCUT2D eigenvalue weighted by atomic mass is 32.2. The van der Waals surface area contributed by atoms with E-state index in [1.807, 2.05) is 36.4 Å². The molecular weight excluding hydrogens is 436 g/mol. The zero-order valence-electron chi connectivity index (χ0n) is 19.1. The van der Waals surface area contributed by atoms with Gasteiger partial charge in [-0.2, -0.15) is 4.31 Å². The van der Waals surface area contributed by atoms with Crippen LogP contribution in [0.1, 0.15) is 42.0 Å². The standard InChI is InChI=1S/C26H30N2O4S/c1-3-4-7-21-11-13-22(14-12-21)19-28(33(30,31)25-10-6-15-27-18-25)20-24-9-5-8-23(16-24)17-26(29)32-2/h5-6,8-16,18H,3-4,7,17,19-20H2,1-2H3. The van der Waals surface area contributed by atoms with E-state index in [1.54, 1.807) is 18.3 Å². The smallest absolute Gasteiger partial charge is 0.309 e. The van der Waals surface area contributed by atoms with Crippen molar-refractivity contribution in [3.8, 4) is 0 Å². The van der Waals surface area contributed by atoms with E-state index in [1.165, 1.54) is 23.2 Å². The van der Waals surface area contributed by atoms with Gasteiger partial charge < -0.3 is 4.74 Å². The van der Waals surface area contributed by atoms with Gasteiger partial charge in [0.15, 0.2) is 0 Å². The predicted octanol–water partition coefficient (Wildman–Crippen LogP) is 4.53. The molecule has 0 fully saturated rings. The molecule has 0 atom stereocenters. The van der Waals surface area contributed by atoms with Gasteiger partial charge in [0.25, 0.3) is 0 Å². The molecule has 3 aromatic rings. The van der Waals surface area contributed by atoms with E-state index in [-0.39, 0.29) is 30.4 Å². The average molecular weight is 467 g/mol. The summed E-state index contributed by atoms with van der Waals surface area (Å²) in [4.78, 5) is 15.8. The first-order chi connectivity index (χ1) is 15.9.